The third-order valence-corrected chi connectivity index (χ3v) is 5.27. The predicted molar refractivity (Wildman–Crippen MR) is 84.1 cm³/mol. The van der Waals surface area contributed by atoms with Gasteiger partial charge in [-0.05, 0) is 41.4 Å². The summed E-state index contributed by atoms with van der Waals surface area (Å²) < 4.78 is 23.1. The van der Waals surface area contributed by atoms with Crippen LogP contribution in [0.15, 0.2) is 21.5 Å². The first-order valence-electron chi connectivity index (χ1n) is 5.95. The maximum Gasteiger partial charge on any atom is 0.261 e. The topological polar surface area (TPSA) is 54.5 Å². The molecular formula is C12H14BrCl2NO3S. The van der Waals surface area contributed by atoms with Gasteiger partial charge < -0.3 is 4.90 Å². The van der Waals surface area contributed by atoms with Crippen LogP contribution in [-0.4, -0.2) is 32.3 Å². The van der Waals surface area contributed by atoms with Gasteiger partial charge in [-0.2, -0.15) is 0 Å². The van der Waals surface area contributed by atoms with E-state index in [9.17, 15) is 13.2 Å². The highest BCUT2D eigenvalue weighted by atomic mass is 79.9. The number of amides is 1. The summed E-state index contributed by atoms with van der Waals surface area (Å²) in [5, 5.41) is 0.175. The Morgan fingerprint density at radius 2 is 1.95 bits per heavy atom. The van der Waals surface area contributed by atoms with E-state index in [4.69, 9.17) is 22.3 Å². The number of hydrogen-bond donors (Lipinski definition) is 0. The number of hydrogen-bond acceptors (Lipinski definition) is 3. The first-order valence-corrected chi connectivity index (χ1v) is 9.43. The van der Waals surface area contributed by atoms with Crippen LogP contribution in [0.2, 0.25) is 5.02 Å². The SMILES string of the molecule is CCCN(CC)C(=O)c1cc(S(=O)(=O)Cl)cc(Br)c1Cl. The quantitative estimate of drug-likeness (QED) is 0.701. The molecule has 20 heavy (non-hydrogen) atoms. The van der Waals surface area contributed by atoms with E-state index in [0.717, 1.165) is 6.42 Å². The zero-order valence-electron chi connectivity index (χ0n) is 11.0. The smallest absolute Gasteiger partial charge is 0.261 e. The van der Waals surface area contributed by atoms with E-state index in [-0.39, 0.29) is 21.4 Å². The van der Waals surface area contributed by atoms with E-state index in [1.54, 1.807) is 4.90 Å². The van der Waals surface area contributed by atoms with Gasteiger partial charge >= 0.3 is 0 Å². The summed E-state index contributed by atoms with van der Waals surface area (Å²) in [6.07, 6.45) is 0.797. The van der Waals surface area contributed by atoms with Crippen LogP contribution < -0.4 is 0 Å². The van der Waals surface area contributed by atoms with Crippen molar-refractivity contribution in [1.82, 2.24) is 4.90 Å². The lowest BCUT2D eigenvalue weighted by Crippen LogP contribution is -2.31. The molecule has 1 rings (SSSR count). The molecule has 0 atom stereocenters. The summed E-state index contributed by atoms with van der Waals surface area (Å²) in [7, 11) is 1.39. The first-order chi connectivity index (χ1) is 9.22. The molecule has 0 aliphatic heterocycles. The summed E-state index contributed by atoms with van der Waals surface area (Å²) in [6, 6.07) is 2.48. The minimum Gasteiger partial charge on any atom is -0.339 e. The van der Waals surface area contributed by atoms with Crippen molar-refractivity contribution < 1.29 is 13.2 Å². The van der Waals surface area contributed by atoms with Gasteiger partial charge in [-0.3, -0.25) is 4.79 Å². The molecule has 0 saturated carbocycles. The van der Waals surface area contributed by atoms with Gasteiger partial charge in [-0.1, -0.05) is 18.5 Å². The lowest BCUT2D eigenvalue weighted by molar-refractivity contribution is 0.0764. The van der Waals surface area contributed by atoms with Crippen LogP contribution >= 0.6 is 38.2 Å². The second-order valence-corrected chi connectivity index (χ2v) is 7.89. The Morgan fingerprint density at radius 3 is 2.40 bits per heavy atom. The molecular weight excluding hydrogens is 389 g/mol. The minimum absolute atomic E-state index is 0.121. The zero-order valence-corrected chi connectivity index (χ0v) is 14.9. The maximum absolute atomic E-state index is 12.4. The molecule has 0 aromatic heterocycles. The number of rotatable bonds is 5. The van der Waals surface area contributed by atoms with Crippen LogP contribution in [0.4, 0.5) is 0 Å². The van der Waals surface area contributed by atoms with Crippen molar-refractivity contribution in [2.75, 3.05) is 13.1 Å². The molecule has 0 N–H and O–H groups in total. The Kier molecular flexibility index (Phi) is 6.31. The van der Waals surface area contributed by atoms with Crippen LogP contribution in [0.1, 0.15) is 30.6 Å². The number of nitrogens with zero attached hydrogens (tertiary/aromatic N) is 1. The molecule has 0 radical (unpaired) electrons. The molecule has 0 spiro atoms. The third kappa shape index (κ3) is 4.10. The van der Waals surface area contributed by atoms with Crippen LogP contribution in [0.25, 0.3) is 0 Å². The van der Waals surface area contributed by atoms with Crippen LogP contribution in [0.3, 0.4) is 0 Å². The van der Waals surface area contributed by atoms with Crippen molar-refractivity contribution in [3.63, 3.8) is 0 Å². The van der Waals surface area contributed by atoms with Crippen molar-refractivity contribution in [1.29, 1.82) is 0 Å². The Balaban J connectivity index is 3.37. The number of carbonyl (C=O) groups is 1. The third-order valence-electron chi connectivity index (χ3n) is 2.68. The van der Waals surface area contributed by atoms with Crippen molar-refractivity contribution in [2.24, 2.45) is 0 Å². The van der Waals surface area contributed by atoms with E-state index in [2.05, 4.69) is 15.9 Å². The van der Waals surface area contributed by atoms with Gasteiger partial charge in [0.2, 0.25) is 0 Å². The number of halogens is 3. The standard InChI is InChI=1S/C12H14BrCl2NO3S/c1-3-5-16(4-2)12(17)9-6-8(20(15,18)19)7-10(13)11(9)14/h6-7H,3-5H2,1-2H3. The number of carbonyl (C=O) groups excluding carboxylic acids is 1. The molecule has 0 aliphatic carbocycles. The van der Waals surface area contributed by atoms with Crippen LogP contribution in [0, 0.1) is 0 Å². The van der Waals surface area contributed by atoms with E-state index < -0.39 is 9.05 Å². The molecule has 1 aromatic rings. The fourth-order valence-corrected chi connectivity index (χ4v) is 3.29. The van der Waals surface area contributed by atoms with Crippen molar-refractivity contribution in [2.45, 2.75) is 25.2 Å². The molecule has 8 heteroatoms. The summed E-state index contributed by atoms with van der Waals surface area (Å²) in [5.41, 5.74) is 0.121. The van der Waals surface area contributed by atoms with Gasteiger partial charge in [-0.15, -0.1) is 0 Å². The average molecular weight is 403 g/mol. The van der Waals surface area contributed by atoms with E-state index in [1.807, 2.05) is 13.8 Å². The molecule has 0 bridgehead atoms. The lowest BCUT2D eigenvalue weighted by atomic mass is 10.2. The molecule has 4 nitrogen and oxygen atoms in total. The molecule has 1 amide bonds. The van der Waals surface area contributed by atoms with Gasteiger partial charge in [0.1, 0.15) is 0 Å². The molecule has 112 valence electrons. The van der Waals surface area contributed by atoms with Crippen molar-refractivity contribution in [3.05, 3.63) is 27.2 Å². The second kappa shape index (κ2) is 7.11. The lowest BCUT2D eigenvalue weighted by Gasteiger charge is -2.21. The predicted octanol–water partition coefficient (Wildman–Crippen LogP) is 3.90. The van der Waals surface area contributed by atoms with Gasteiger partial charge in [0, 0.05) is 28.2 Å². The van der Waals surface area contributed by atoms with Gasteiger partial charge in [-0.25, -0.2) is 8.42 Å². The highest BCUT2D eigenvalue weighted by molar-refractivity contribution is 9.10. The normalized spacial score (nSPS) is 11.4. The molecule has 0 saturated heterocycles. The minimum atomic E-state index is -3.93. The maximum atomic E-state index is 12.4. The molecule has 0 heterocycles. The average Bonchev–Trinajstić information content (AvgIpc) is 2.37. The highest BCUT2D eigenvalue weighted by Gasteiger charge is 2.22. The van der Waals surface area contributed by atoms with E-state index in [0.29, 0.717) is 17.6 Å². The number of benzene rings is 1. The monoisotopic (exact) mass is 401 g/mol. The molecule has 0 aliphatic rings. The summed E-state index contributed by atoms with van der Waals surface area (Å²) in [5.74, 6) is -0.317. The molecule has 0 unspecified atom stereocenters. The van der Waals surface area contributed by atoms with Gasteiger partial charge in [0.05, 0.1) is 15.5 Å². The Bertz CT molecular complexity index is 619. The largest absolute Gasteiger partial charge is 0.339 e. The first kappa shape index (κ1) is 17.8. The Labute approximate surface area is 136 Å². The molecule has 0 fully saturated rings. The van der Waals surface area contributed by atoms with Crippen LogP contribution in [-0.2, 0) is 9.05 Å². The van der Waals surface area contributed by atoms with E-state index in [1.165, 1.54) is 12.1 Å². The summed E-state index contributed by atoms with van der Waals surface area (Å²) in [4.78, 5) is 13.8. The fourth-order valence-electron chi connectivity index (χ4n) is 1.70. The summed E-state index contributed by atoms with van der Waals surface area (Å²) in [6.45, 7) is 4.88. The van der Waals surface area contributed by atoms with Crippen LogP contribution in [0.5, 0.6) is 0 Å². The van der Waals surface area contributed by atoms with E-state index >= 15 is 0 Å². The van der Waals surface area contributed by atoms with Gasteiger partial charge in [0.15, 0.2) is 0 Å². The summed E-state index contributed by atoms with van der Waals surface area (Å²) >= 11 is 9.22. The highest BCUT2D eigenvalue weighted by Crippen LogP contribution is 2.31. The van der Waals surface area contributed by atoms with Crippen molar-refractivity contribution in [3.8, 4) is 0 Å². The Morgan fingerprint density at radius 1 is 1.35 bits per heavy atom. The second-order valence-electron chi connectivity index (χ2n) is 4.09. The zero-order chi connectivity index (χ0) is 15.5. The van der Waals surface area contributed by atoms with Gasteiger partial charge in [0.25, 0.3) is 15.0 Å². The fraction of sp³-hybridized carbons (Fsp3) is 0.417. The molecule has 1 aromatic carbocycles. The van der Waals surface area contributed by atoms with Crippen molar-refractivity contribution >= 4 is 53.2 Å². The Hall–Kier alpha value is -0.300.